The Labute approximate surface area is 189 Å². The predicted molar refractivity (Wildman–Crippen MR) is 122 cm³/mol. The first-order chi connectivity index (χ1) is 15.1. The highest BCUT2D eigenvalue weighted by atomic mass is 35.5. The molecule has 2 aromatic carbocycles. The van der Waals surface area contributed by atoms with Crippen molar-refractivity contribution in [3.8, 4) is 6.07 Å². The van der Waals surface area contributed by atoms with Crippen LogP contribution in [0.4, 0.5) is 0 Å². The van der Waals surface area contributed by atoms with E-state index in [1.165, 1.54) is 16.0 Å². The number of piperazine rings is 1. The molecule has 7 heteroatoms. The Morgan fingerprint density at radius 2 is 1.74 bits per heavy atom. The lowest BCUT2D eigenvalue weighted by molar-refractivity contribution is -0.134. The molecule has 1 aliphatic rings. The summed E-state index contributed by atoms with van der Waals surface area (Å²) in [5, 5.41) is 9.39. The molecule has 1 fully saturated rings. The summed E-state index contributed by atoms with van der Waals surface area (Å²) in [6, 6.07) is 20.9. The number of benzene rings is 2. The van der Waals surface area contributed by atoms with Crippen molar-refractivity contribution in [1.82, 2.24) is 14.7 Å². The topological polar surface area (TPSA) is 59.8 Å². The second-order valence-electron chi connectivity index (χ2n) is 7.70. The molecule has 164 valence electrons. The van der Waals surface area contributed by atoms with Crippen LogP contribution in [-0.4, -0.2) is 80.1 Å². The number of rotatable bonds is 9. The van der Waals surface area contributed by atoms with Gasteiger partial charge in [-0.25, -0.2) is 0 Å². The first-order valence-electron chi connectivity index (χ1n) is 10.5. The van der Waals surface area contributed by atoms with Crippen molar-refractivity contribution in [3.05, 3.63) is 70.7 Å². The van der Waals surface area contributed by atoms with E-state index in [-0.39, 0.29) is 25.1 Å². The van der Waals surface area contributed by atoms with E-state index in [0.717, 1.165) is 37.7 Å². The van der Waals surface area contributed by atoms with Gasteiger partial charge in [0.2, 0.25) is 5.91 Å². The van der Waals surface area contributed by atoms with Crippen molar-refractivity contribution in [2.45, 2.75) is 6.04 Å². The van der Waals surface area contributed by atoms with Crippen molar-refractivity contribution in [3.63, 3.8) is 0 Å². The van der Waals surface area contributed by atoms with E-state index in [4.69, 9.17) is 21.6 Å². The van der Waals surface area contributed by atoms with Crippen LogP contribution in [-0.2, 0) is 9.53 Å². The molecule has 0 saturated carbocycles. The molecule has 0 N–H and O–H groups in total. The number of ether oxygens (including phenoxy) is 1. The van der Waals surface area contributed by atoms with Crippen molar-refractivity contribution in [1.29, 1.82) is 5.26 Å². The molecule has 2 aromatic rings. The van der Waals surface area contributed by atoms with E-state index in [2.05, 4.69) is 46.2 Å². The molecule has 1 unspecified atom stereocenters. The third kappa shape index (κ3) is 6.78. The molecule has 0 aromatic heterocycles. The van der Waals surface area contributed by atoms with Gasteiger partial charge < -0.3 is 9.64 Å². The number of carbonyl (C=O) groups is 1. The van der Waals surface area contributed by atoms with Gasteiger partial charge in [0, 0.05) is 44.8 Å². The quantitative estimate of drug-likeness (QED) is 0.443. The number of hydrogen-bond acceptors (Lipinski definition) is 5. The minimum Gasteiger partial charge on any atom is -0.370 e. The maximum Gasteiger partial charge on any atom is 0.249 e. The summed E-state index contributed by atoms with van der Waals surface area (Å²) in [5.74, 6) is -0.167. The molecular formula is C24H29ClN4O2. The largest absolute Gasteiger partial charge is 0.370 e. The Bertz CT molecular complexity index is 861. The number of nitrogens with zero attached hydrogens (tertiary/aromatic N) is 4. The molecule has 1 saturated heterocycles. The highest BCUT2D eigenvalue weighted by Gasteiger charge is 2.26. The van der Waals surface area contributed by atoms with Crippen molar-refractivity contribution >= 4 is 17.5 Å². The summed E-state index contributed by atoms with van der Waals surface area (Å²) in [7, 11) is 1.61. The van der Waals surface area contributed by atoms with Crippen LogP contribution < -0.4 is 0 Å². The Balaban J connectivity index is 1.51. The van der Waals surface area contributed by atoms with E-state index in [1.807, 2.05) is 24.3 Å². The normalized spacial score (nSPS) is 15.9. The van der Waals surface area contributed by atoms with Gasteiger partial charge in [0.05, 0.1) is 18.7 Å². The van der Waals surface area contributed by atoms with Crippen LogP contribution >= 0.6 is 11.6 Å². The summed E-state index contributed by atoms with van der Waals surface area (Å²) in [4.78, 5) is 18.1. The fourth-order valence-electron chi connectivity index (χ4n) is 3.80. The fourth-order valence-corrected chi connectivity index (χ4v) is 3.92. The van der Waals surface area contributed by atoms with Crippen molar-refractivity contribution in [2.24, 2.45) is 0 Å². The second-order valence-corrected chi connectivity index (χ2v) is 8.14. The van der Waals surface area contributed by atoms with Gasteiger partial charge >= 0.3 is 0 Å². The standard InChI is InChI=1S/C24H29ClN4O2/c1-27(12-11-26)23(30)19-31-18-17-28-13-15-29(16-14-28)24(20-5-3-2-4-6-20)21-7-9-22(25)10-8-21/h2-10,24H,12-19H2,1H3. The van der Waals surface area contributed by atoms with Gasteiger partial charge in [0.15, 0.2) is 0 Å². The van der Waals surface area contributed by atoms with Crippen LogP contribution in [0.3, 0.4) is 0 Å². The van der Waals surface area contributed by atoms with Crippen LogP contribution in [0.25, 0.3) is 0 Å². The van der Waals surface area contributed by atoms with Gasteiger partial charge in [-0.2, -0.15) is 5.26 Å². The molecule has 0 bridgehead atoms. The minimum absolute atomic E-state index is 0.0186. The van der Waals surface area contributed by atoms with Crippen LogP contribution in [0.5, 0.6) is 0 Å². The Morgan fingerprint density at radius 3 is 2.39 bits per heavy atom. The average molecular weight is 441 g/mol. The molecule has 6 nitrogen and oxygen atoms in total. The third-order valence-electron chi connectivity index (χ3n) is 5.58. The first-order valence-corrected chi connectivity index (χ1v) is 10.9. The van der Waals surface area contributed by atoms with E-state index in [9.17, 15) is 4.79 Å². The van der Waals surface area contributed by atoms with E-state index < -0.39 is 0 Å². The summed E-state index contributed by atoms with van der Waals surface area (Å²) < 4.78 is 5.52. The second kappa shape index (κ2) is 11.8. The zero-order valence-electron chi connectivity index (χ0n) is 17.9. The lowest BCUT2D eigenvalue weighted by Crippen LogP contribution is -2.48. The smallest absolute Gasteiger partial charge is 0.249 e. The van der Waals surface area contributed by atoms with Gasteiger partial charge in [0.25, 0.3) is 0 Å². The third-order valence-corrected chi connectivity index (χ3v) is 5.84. The first kappa shape index (κ1) is 23.2. The predicted octanol–water partition coefficient (Wildman–Crippen LogP) is 3.05. The molecule has 31 heavy (non-hydrogen) atoms. The maximum absolute atomic E-state index is 11.8. The van der Waals surface area contributed by atoms with Gasteiger partial charge in [-0.3, -0.25) is 14.6 Å². The van der Waals surface area contributed by atoms with Gasteiger partial charge in [-0.15, -0.1) is 0 Å². The summed E-state index contributed by atoms with van der Waals surface area (Å²) in [5.41, 5.74) is 2.52. The summed E-state index contributed by atoms with van der Waals surface area (Å²) in [6.45, 7) is 5.19. The molecular weight excluding hydrogens is 412 g/mol. The van der Waals surface area contributed by atoms with Crippen LogP contribution in [0.1, 0.15) is 17.2 Å². The number of likely N-dealkylation sites (N-methyl/N-ethyl adjacent to an activating group) is 1. The number of carbonyl (C=O) groups excluding carboxylic acids is 1. The monoisotopic (exact) mass is 440 g/mol. The molecule has 0 spiro atoms. The number of halogens is 1. The van der Waals surface area contributed by atoms with Crippen molar-refractivity contribution in [2.75, 3.05) is 59.5 Å². The lowest BCUT2D eigenvalue weighted by atomic mass is 9.96. The SMILES string of the molecule is CN(CC#N)C(=O)COCCN1CCN(C(c2ccccc2)c2ccc(Cl)cc2)CC1. The number of amides is 1. The van der Waals surface area contributed by atoms with Gasteiger partial charge in [0.1, 0.15) is 13.2 Å². The Morgan fingerprint density at radius 1 is 1.10 bits per heavy atom. The molecule has 1 heterocycles. The zero-order chi connectivity index (χ0) is 22.1. The van der Waals surface area contributed by atoms with E-state index in [1.54, 1.807) is 7.05 Å². The van der Waals surface area contributed by atoms with Crippen LogP contribution in [0, 0.1) is 11.3 Å². The van der Waals surface area contributed by atoms with Gasteiger partial charge in [-0.05, 0) is 23.3 Å². The molecule has 1 atom stereocenters. The lowest BCUT2D eigenvalue weighted by Gasteiger charge is -2.39. The number of nitriles is 1. The highest BCUT2D eigenvalue weighted by molar-refractivity contribution is 6.30. The van der Waals surface area contributed by atoms with E-state index >= 15 is 0 Å². The average Bonchev–Trinajstić information content (AvgIpc) is 2.80. The molecule has 0 aliphatic carbocycles. The van der Waals surface area contributed by atoms with Gasteiger partial charge in [-0.1, -0.05) is 54.1 Å². The van der Waals surface area contributed by atoms with E-state index in [0.29, 0.717) is 6.61 Å². The molecule has 3 rings (SSSR count). The minimum atomic E-state index is -0.167. The summed E-state index contributed by atoms with van der Waals surface area (Å²) in [6.07, 6.45) is 0. The Hall–Kier alpha value is -2.43. The summed E-state index contributed by atoms with van der Waals surface area (Å²) >= 11 is 6.11. The fraction of sp³-hybridized carbons (Fsp3) is 0.417. The number of hydrogen-bond donors (Lipinski definition) is 0. The molecule has 1 aliphatic heterocycles. The Kier molecular flexibility index (Phi) is 8.86. The highest BCUT2D eigenvalue weighted by Crippen LogP contribution is 2.30. The van der Waals surface area contributed by atoms with Crippen LogP contribution in [0.15, 0.2) is 54.6 Å². The molecule has 1 amide bonds. The maximum atomic E-state index is 11.8. The van der Waals surface area contributed by atoms with Crippen molar-refractivity contribution < 1.29 is 9.53 Å². The molecule has 0 radical (unpaired) electrons. The van der Waals surface area contributed by atoms with Crippen LogP contribution in [0.2, 0.25) is 5.02 Å². The zero-order valence-corrected chi connectivity index (χ0v) is 18.7.